The maximum Gasteiger partial charge on any atom is 0.236 e. The zero-order valence-corrected chi connectivity index (χ0v) is 15.4. The van der Waals surface area contributed by atoms with Gasteiger partial charge in [-0.05, 0) is 52.2 Å². The minimum absolute atomic E-state index is 0.183. The van der Waals surface area contributed by atoms with Crippen LogP contribution in [0.4, 0.5) is 0 Å². The molecule has 3 rings (SSSR count). The second kappa shape index (κ2) is 7.01. The van der Waals surface area contributed by atoms with Crippen LogP contribution in [-0.4, -0.2) is 42.9 Å². The number of furan rings is 1. The van der Waals surface area contributed by atoms with Gasteiger partial charge in [0.15, 0.2) is 16.7 Å². The number of thioether (sulfide) groups is 1. The summed E-state index contributed by atoms with van der Waals surface area (Å²) in [5, 5.41) is 8.94. The fourth-order valence-electron chi connectivity index (χ4n) is 3.31. The lowest BCUT2D eigenvalue weighted by atomic mass is 9.97. The average Bonchev–Trinajstić information content (AvgIpc) is 3.17. The van der Waals surface area contributed by atoms with Gasteiger partial charge in [-0.25, -0.2) is 0 Å². The molecule has 1 saturated heterocycles. The molecule has 2 aromatic rings. The number of hydrogen-bond acceptors (Lipinski definition) is 5. The smallest absolute Gasteiger partial charge is 0.236 e. The van der Waals surface area contributed by atoms with Crippen LogP contribution in [0.1, 0.15) is 40.0 Å². The number of rotatable bonds is 4. The van der Waals surface area contributed by atoms with Crippen LogP contribution in [0.2, 0.25) is 0 Å². The van der Waals surface area contributed by atoms with E-state index in [0.717, 1.165) is 18.0 Å². The molecule has 0 aliphatic carbocycles. The van der Waals surface area contributed by atoms with Crippen molar-refractivity contribution in [3.8, 4) is 11.6 Å². The van der Waals surface area contributed by atoms with E-state index >= 15 is 0 Å². The molecule has 130 valence electrons. The Morgan fingerprint density at radius 2 is 2.04 bits per heavy atom. The summed E-state index contributed by atoms with van der Waals surface area (Å²) in [5.74, 6) is 1.53. The molecule has 1 fully saturated rings. The van der Waals surface area contributed by atoms with Gasteiger partial charge in [0.25, 0.3) is 0 Å². The predicted molar refractivity (Wildman–Crippen MR) is 93.6 cm³/mol. The van der Waals surface area contributed by atoms with Crippen molar-refractivity contribution in [2.75, 3.05) is 0 Å². The first kappa shape index (κ1) is 17.1. The van der Waals surface area contributed by atoms with Crippen molar-refractivity contribution in [2.24, 2.45) is 7.05 Å². The van der Waals surface area contributed by atoms with Gasteiger partial charge in [0.1, 0.15) is 0 Å². The Bertz CT molecular complexity index is 688. The highest BCUT2D eigenvalue weighted by atomic mass is 32.2. The summed E-state index contributed by atoms with van der Waals surface area (Å²) >= 11 is 1.45. The molecule has 0 aromatic carbocycles. The molecule has 7 heteroatoms. The van der Waals surface area contributed by atoms with Crippen LogP contribution in [0.25, 0.3) is 11.6 Å². The number of likely N-dealkylation sites (tertiary alicyclic amines) is 1. The Morgan fingerprint density at radius 1 is 1.33 bits per heavy atom. The van der Waals surface area contributed by atoms with Gasteiger partial charge in [-0.2, -0.15) is 0 Å². The highest BCUT2D eigenvalue weighted by molar-refractivity contribution is 8.00. The van der Waals surface area contributed by atoms with Crippen LogP contribution in [0, 0.1) is 0 Å². The largest absolute Gasteiger partial charge is 0.461 e. The summed E-state index contributed by atoms with van der Waals surface area (Å²) in [7, 11) is 1.89. The molecule has 0 N–H and O–H groups in total. The second-order valence-corrected chi connectivity index (χ2v) is 7.78. The second-order valence-electron chi connectivity index (χ2n) is 6.48. The number of piperidine rings is 1. The van der Waals surface area contributed by atoms with Crippen LogP contribution >= 0.6 is 11.8 Å². The first-order valence-electron chi connectivity index (χ1n) is 8.41. The Balaban J connectivity index is 1.73. The van der Waals surface area contributed by atoms with Crippen molar-refractivity contribution in [1.29, 1.82) is 0 Å². The lowest BCUT2D eigenvalue weighted by molar-refractivity contribution is -0.136. The van der Waals surface area contributed by atoms with Crippen molar-refractivity contribution < 1.29 is 9.21 Å². The van der Waals surface area contributed by atoms with E-state index in [2.05, 4.69) is 24.0 Å². The predicted octanol–water partition coefficient (Wildman–Crippen LogP) is 3.35. The standard InChI is InChI=1S/C17H24N4O2S/c1-11-7-5-8-12(2)21(11)16(22)13(3)24-17-19-18-15(20(17)4)14-9-6-10-23-14/h6,9-13H,5,7-8H2,1-4H3/t11-,12+,13-/m0/s1. The highest BCUT2D eigenvalue weighted by Crippen LogP contribution is 2.30. The van der Waals surface area contributed by atoms with Gasteiger partial charge < -0.3 is 13.9 Å². The molecule has 0 radical (unpaired) electrons. The molecule has 0 unspecified atom stereocenters. The van der Waals surface area contributed by atoms with Crippen molar-refractivity contribution in [2.45, 2.75) is 62.5 Å². The fourth-order valence-corrected chi connectivity index (χ4v) is 4.18. The molecule has 2 aromatic heterocycles. The quantitative estimate of drug-likeness (QED) is 0.793. The maximum atomic E-state index is 12.9. The Labute approximate surface area is 146 Å². The third-order valence-corrected chi connectivity index (χ3v) is 5.78. The molecule has 0 bridgehead atoms. The monoisotopic (exact) mass is 348 g/mol. The van der Waals surface area contributed by atoms with Gasteiger partial charge in [-0.15, -0.1) is 10.2 Å². The summed E-state index contributed by atoms with van der Waals surface area (Å²) in [5.41, 5.74) is 0. The van der Waals surface area contributed by atoms with E-state index in [1.807, 2.05) is 35.6 Å². The number of amides is 1. The number of hydrogen-bond donors (Lipinski definition) is 0. The van der Waals surface area contributed by atoms with Crippen LogP contribution in [-0.2, 0) is 11.8 Å². The molecule has 1 amide bonds. The van der Waals surface area contributed by atoms with E-state index in [-0.39, 0.29) is 11.2 Å². The van der Waals surface area contributed by atoms with Crippen molar-refractivity contribution in [3.05, 3.63) is 18.4 Å². The highest BCUT2D eigenvalue weighted by Gasteiger charge is 2.32. The molecule has 0 saturated carbocycles. The molecule has 6 nitrogen and oxygen atoms in total. The van der Waals surface area contributed by atoms with E-state index < -0.39 is 0 Å². The molecule has 1 aliphatic heterocycles. The summed E-state index contributed by atoms with van der Waals surface area (Å²) in [6, 6.07) is 4.29. The van der Waals surface area contributed by atoms with Crippen LogP contribution in [0.3, 0.4) is 0 Å². The summed E-state index contributed by atoms with van der Waals surface area (Å²) in [6.45, 7) is 6.23. The van der Waals surface area contributed by atoms with E-state index in [1.54, 1.807) is 6.26 Å². The minimum atomic E-state index is -0.194. The minimum Gasteiger partial charge on any atom is -0.461 e. The first-order chi connectivity index (χ1) is 11.5. The van der Waals surface area contributed by atoms with E-state index in [0.29, 0.717) is 23.7 Å². The van der Waals surface area contributed by atoms with Crippen LogP contribution in [0.5, 0.6) is 0 Å². The van der Waals surface area contributed by atoms with Gasteiger partial charge in [-0.1, -0.05) is 11.8 Å². The number of nitrogens with zero attached hydrogens (tertiary/aromatic N) is 4. The number of aromatic nitrogens is 3. The van der Waals surface area contributed by atoms with Crippen LogP contribution < -0.4 is 0 Å². The number of carbonyl (C=O) groups is 1. The van der Waals surface area contributed by atoms with E-state index in [9.17, 15) is 4.79 Å². The van der Waals surface area contributed by atoms with Crippen LogP contribution in [0.15, 0.2) is 28.0 Å². The Kier molecular flexibility index (Phi) is 4.99. The van der Waals surface area contributed by atoms with Gasteiger partial charge in [0, 0.05) is 19.1 Å². The van der Waals surface area contributed by atoms with E-state index in [4.69, 9.17) is 4.42 Å². The average molecular weight is 348 g/mol. The zero-order valence-electron chi connectivity index (χ0n) is 14.6. The van der Waals surface area contributed by atoms with Gasteiger partial charge in [-0.3, -0.25) is 4.79 Å². The summed E-state index contributed by atoms with van der Waals surface area (Å²) in [4.78, 5) is 14.9. The Hall–Kier alpha value is -1.76. The summed E-state index contributed by atoms with van der Waals surface area (Å²) in [6.07, 6.45) is 4.98. The van der Waals surface area contributed by atoms with Crippen molar-refractivity contribution >= 4 is 17.7 Å². The normalized spacial score (nSPS) is 22.6. The zero-order chi connectivity index (χ0) is 17.3. The van der Waals surface area contributed by atoms with Gasteiger partial charge in [0.2, 0.25) is 5.91 Å². The molecule has 24 heavy (non-hydrogen) atoms. The fraction of sp³-hybridized carbons (Fsp3) is 0.588. The van der Waals surface area contributed by atoms with Gasteiger partial charge in [0.05, 0.1) is 11.5 Å². The van der Waals surface area contributed by atoms with E-state index in [1.165, 1.54) is 18.2 Å². The molecular formula is C17H24N4O2S. The van der Waals surface area contributed by atoms with Crippen molar-refractivity contribution in [3.63, 3.8) is 0 Å². The Morgan fingerprint density at radius 3 is 2.67 bits per heavy atom. The SMILES string of the molecule is C[C@H](Sc1nnc(-c2ccco2)n1C)C(=O)N1[C@H](C)CCC[C@@H]1C. The molecule has 3 heterocycles. The molecule has 0 spiro atoms. The number of carbonyl (C=O) groups excluding carboxylic acids is 1. The van der Waals surface area contributed by atoms with Gasteiger partial charge >= 0.3 is 0 Å². The third kappa shape index (κ3) is 3.22. The molecule has 3 atom stereocenters. The maximum absolute atomic E-state index is 12.9. The lowest BCUT2D eigenvalue weighted by Crippen LogP contribution is -2.50. The molecule has 1 aliphatic rings. The lowest BCUT2D eigenvalue weighted by Gasteiger charge is -2.40. The first-order valence-corrected chi connectivity index (χ1v) is 9.29. The summed E-state index contributed by atoms with van der Waals surface area (Å²) < 4.78 is 7.25. The third-order valence-electron chi connectivity index (χ3n) is 4.65. The molecular weight excluding hydrogens is 324 g/mol. The topological polar surface area (TPSA) is 64.2 Å². The van der Waals surface area contributed by atoms with Crippen molar-refractivity contribution in [1.82, 2.24) is 19.7 Å².